The molecule has 1 heterocycles. The van der Waals surface area contributed by atoms with Crippen LogP contribution in [-0.4, -0.2) is 27.0 Å². The van der Waals surface area contributed by atoms with Gasteiger partial charge in [0.15, 0.2) is 0 Å². The first kappa shape index (κ1) is 19.3. The largest absolute Gasteiger partial charge is 0.507 e. The van der Waals surface area contributed by atoms with Gasteiger partial charge in [-0.3, -0.25) is 9.89 Å². The molecule has 0 bridgehead atoms. The Kier molecular flexibility index (Phi) is 5.04. The first-order valence-electron chi connectivity index (χ1n) is 8.11. The summed E-state index contributed by atoms with van der Waals surface area (Å²) in [5, 5.41) is 15.3. The van der Waals surface area contributed by atoms with Gasteiger partial charge in [0.1, 0.15) is 11.5 Å². The topological polar surface area (TPSA) is 66.0 Å². The second kappa shape index (κ2) is 7.30. The van der Waals surface area contributed by atoms with Gasteiger partial charge in [-0.05, 0) is 6.07 Å². The van der Waals surface area contributed by atoms with Crippen LogP contribution in [0.5, 0.6) is 0 Å². The van der Waals surface area contributed by atoms with Crippen molar-refractivity contribution < 1.29 is 27.5 Å². The van der Waals surface area contributed by atoms with Crippen molar-refractivity contribution in [2.75, 3.05) is 0 Å². The van der Waals surface area contributed by atoms with Crippen molar-refractivity contribution in [2.24, 2.45) is 0 Å². The summed E-state index contributed by atoms with van der Waals surface area (Å²) < 4.78 is 57.4. The minimum atomic E-state index is -5.10. The Morgan fingerprint density at radius 1 is 0.964 bits per heavy atom. The molecule has 0 amide bonds. The predicted molar refractivity (Wildman–Crippen MR) is 94.9 cm³/mol. The van der Waals surface area contributed by atoms with Crippen LogP contribution in [0.25, 0.3) is 17.0 Å². The molecule has 0 saturated heterocycles. The Bertz CT molecular complexity index is 999. The number of H-pyrrole nitrogens is 1. The van der Waals surface area contributed by atoms with Gasteiger partial charge in [0.05, 0.1) is 5.69 Å². The summed E-state index contributed by atoms with van der Waals surface area (Å²) in [5.74, 6) is -13.0. The molecule has 0 spiro atoms. The fraction of sp³-hybridized carbons (Fsp3) is 0.100. The van der Waals surface area contributed by atoms with Gasteiger partial charge in [-0.2, -0.15) is 22.7 Å². The van der Waals surface area contributed by atoms with Gasteiger partial charge in [0, 0.05) is 17.2 Å². The Hall–Kier alpha value is -3.42. The minimum Gasteiger partial charge on any atom is -0.507 e. The molecule has 4 nitrogen and oxygen atoms in total. The number of hydrogen-bond acceptors (Lipinski definition) is 3. The van der Waals surface area contributed by atoms with Crippen LogP contribution in [0.15, 0.2) is 72.8 Å². The number of benzene rings is 2. The quantitative estimate of drug-likeness (QED) is 0.355. The highest BCUT2D eigenvalue weighted by Crippen LogP contribution is 2.44. The third kappa shape index (κ3) is 3.53. The molecule has 0 aliphatic heterocycles. The summed E-state index contributed by atoms with van der Waals surface area (Å²) in [5.41, 5.74) is -0.696. The van der Waals surface area contributed by atoms with Crippen molar-refractivity contribution in [1.82, 2.24) is 10.2 Å². The number of carbonyl (C=O) groups is 1. The Labute approximate surface area is 157 Å². The van der Waals surface area contributed by atoms with E-state index in [0.717, 1.165) is 6.07 Å². The molecule has 28 heavy (non-hydrogen) atoms. The predicted octanol–water partition coefficient (Wildman–Crippen LogP) is 4.97. The van der Waals surface area contributed by atoms with E-state index in [0.29, 0.717) is 5.56 Å². The van der Waals surface area contributed by atoms with Crippen LogP contribution in [0.1, 0.15) is 11.3 Å². The molecule has 3 rings (SSSR count). The van der Waals surface area contributed by atoms with E-state index >= 15 is 0 Å². The molecule has 144 valence electrons. The van der Waals surface area contributed by atoms with E-state index in [2.05, 4.69) is 5.10 Å². The SMILES string of the molecule is O=C(/C=C(\O)c1ccccc1)C(F)(F)C(F)(F)c1cc(-c2ccccc2)n[nH]1. The summed E-state index contributed by atoms with van der Waals surface area (Å²) in [7, 11) is 0. The highest BCUT2D eigenvalue weighted by atomic mass is 19.3. The fourth-order valence-electron chi connectivity index (χ4n) is 2.47. The summed E-state index contributed by atoms with van der Waals surface area (Å²) in [6, 6.07) is 16.1. The molecule has 0 atom stereocenters. The lowest BCUT2D eigenvalue weighted by Gasteiger charge is -2.23. The van der Waals surface area contributed by atoms with Crippen LogP contribution in [0.2, 0.25) is 0 Å². The van der Waals surface area contributed by atoms with Crippen molar-refractivity contribution in [3.05, 3.63) is 84.1 Å². The van der Waals surface area contributed by atoms with Crippen molar-refractivity contribution in [3.8, 4) is 11.3 Å². The average molecular weight is 390 g/mol. The Balaban J connectivity index is 1.89. The van der Waals surface area contributed by atoms with Gasteiger partial charge in [-0.25, -0.2) is 0 Å². The van der Waals surface area contributed by atoms with Crippen molar-refractivity contribution in [3.63, 3.8) is 0 Å². The van der Waals surface area contributed by atoms with E-state index in [1.165, 1.54) is 24.3 Å². The first-order valence-corrected chi connectivity index (χ1v) is 8.11. The standard InChI is InChI=1S/C20H14F4N2O2/c21-19(22,17-11-15(25-26-17)13-7-3-1-4-8-13)20(23,24)18(28)12-16(27)14-9-5-2-6-10-14/h1-12,27H,(H,25,26)/b16-12-. The zero-order valence-corrected chi connectivity index (χ0v) is 14.2. The molecule has 0 aliphatic rings. The van der Waals surface area contributed by atoms with Crippen molar-refractivity contribution in [2.45, 2.75) is 11.8 Å². The molecule has 2 aromatic carbocycles. The number of rotatable bonds is 6. The van der Waals surface area contributed by atoms with Crippen molar-refractivity contribution in [1.29, 1.82) is 0 Å². The Morgan fingerprint density at radius 3 is 2.14 bits per heavy atom. The fourth-order valence-corrected chi connectivity index (χ4v) is 2.47. The molecular weight excluding hydrogens is 376 g/mol. The van der Waals surface area contributed by atoms with E-state index in [1.54, 1.807) is 36.4 Å². The molecule has 0 unspecified atom stereocenters. The van der Waals surface area contributed by atoms with Crippen LogP contribution >= 0.6 is 0 Å². The van der Waals surface area contributed by atoms with Gasteiger partial charge in [0.25, 0.3) is 0 Å². The molecule has 8 heteroatoms. The normalized spacial score (nSPS) is 12.8. The number of aromatic nitrogens is 2. The summed E-state index contributed by atoms with van der Waals surface area (Å²) in [4.78, 5) is 11.8. The molecular formula is C20H14F4N2O2. The molecule has 2 N–H and O–H groups in total. The number of allylic oxidation sites excluding steroid dienone is 1. The highest BCUT2D eigenvalue weighted by molar-refractivity contribution is 6.01. The third-order valence-corrected chi connectivity index (χ3v) is 4.03. The molecule has 0 saturated carbocycles. The Morgan fingerprint density at radius 2 is 1.54 bits per heavy atom. The van der Waals surface area contributed by atoms with Gasteiger partial charge < -0.3 is 5.11 Å². The van der Waals surface area contributed by atoms with E-state index < -0.39 is 29.1 Å². The summed E-state index contributed by atoms with van der Waals surface area (Å²) in [6.45, 7) is 0. The molecule has 1 aromatic heterocycles. The number of ketones is 1. The number of halogens is 4. The number of hydrogen-bond donors (Lipinski definition) is 2. The maximum Gasteiger partial charge on any atom is 0.377 e. The van der Waals surface area contributed by atoms with Gasteiger partial charge >= 0.3 is 11.8 Å². The number of nitrogens with one attached hydrogen (secondary N) is 1. The molecule has 0 radical (unpaired) electrons. The van der Waals surface area contributed by atoms with E-state index in [1.807, 2.05) is 5.10 Å². The second-order valence-corrected chi connectivity index (χ2v) is 5.94. The monoisotopic (exact) mass is 390 g/mol. The van der Waals surface area contributed by atoms with Crippen LogP contribution < -0.4 is 0 Å². The number of aliphatic hydroxyl groups is 1. The summed E-state index contributed by atoms with van der Waals surface area (Å²) in [6.07, 6.45) is 0.0950. The van der Waals surface area contributed by atoms with Gasteiger partial charge in [-0.15, -0.1) is 0 Å². The lowest BCUT2D eigenvalue weighted by Crippen LogP contribution is -2.44. The molecule has 0 fully saturated rings. The molecule has 0 aliphatic carbocycles. The van der Waals surface area contributed by atoms with Crippen molar-refractivity contribution >= 4 is 11.5 Å². The zero-order chi connectivity index (χ0) is 20.4. The van der Waals surface area contributed by atoms with Crippen LogP contribution in [-0.2, 0) is 10.7 Å². The smallest absolute Gasteiger partial charge is 0.377 e. The van der Waals surface area contributed by atoms with E-state index in [-0.39, 0.29) is 17.3 Å². The lowest BCUT2D eigenvalue weighted by molar-refractivity contribution is -0.211. The number of alkyl halides is 4. The first-order chi connectivity index (χ1) is 13.2. The lowest BCUT2D eigenvalue weighted by atomic mass is 10.0. The average Bonchev–Trinajstić information content (AvgIpc) is 3.20. The van der Waals surface area contributed by atoms with Gasteiger partial charge in [-0.1, -0.05) is 60.7 Å². The van der Waals surface area contributed by atoms with E-state index in [4.69, 9.17) is 0 Å². The second-order valence-electron chi connectivity index (χ2n) is 5.94. The third-order valence-electron chi connectivity index (χ3n) is 4.03. The highest BCUT2D eigenvalue weighted by Gasteiger charge is 2.63. The number of aromatic amines is 1. The number of nitrogens with zero attached hydrogens (tertiary/aromatic N) is 1. The maximum absolute atomic E-state index is 14.4. The molecule has 3 aromatic rings. The van der Waals surface area contributed by atoms with Crippen LogP contribution in [0.3, 0.4) is 0 Å². The summed E-state index contributed by atoms with van der Waals surface area (Å²) >= 11 is 0. The van der Waals surface area contributed by atoms with E-state index in [9.17, 15) is 27.5 Å². The van der Waals surface area contributed by atoms with Crippen LogP contribution in [0, 0.1) is 0 Å². The maximum atomic E-state index is 14.4. The minimum absolute atomic E-state index is 0.0289. The number of carbonyl (C=O) groups excluding carboxylic acids is 1. The van der Waals surface area contributed by atoms with Crippen LogP contribution in [0.4, 0.5) is 17.6 Å². The number of aliphatic hydroxyl groups excluding tert-OH is 1. The van der Waals surface area contributed by atoms with Gasteiger partial charge in [0.2, 0.25) is 5.78 Å². The zero-order valence-electron chi connectivity index (χ0n) is 14.2.